The van der Waals surface area contributed by atoms with Crippen LogP contribution in [0.2, 0.25) is 0 Å². The van der Waals surface area contributed by atoms with Gasteiger partial charge >= 0.3 is 12.0 Å². The predicted octanol–water partition coefficient (Wildman–Crippen LogP) is 1.86. The summed E-state index contributed by atoms with van der Waals surface area (Å²) in [7, 11) is 0. The number of carboxylic acid groups (broad SMARTS) is 1. The van der Waals surface area contributed by atoms with Crippen LogP contribution in [0.4, 0.5) is 10.5 Å². The number of piperazine rings is 1. The molecule has 0 saturated carbocycles. The number of aryl methyl sites for hydroxylation is 1. The second-order valence-electron chi connectivity index (χ2n) is 5.15. The van der Waals surface area contributed by atoms with E-state index in [1.165, 1.54) is 0 Å². The number of likely N-dealkylation sites (N-methyl/N-ethyl adjacent to an activating group) is 1. The monoisotopic (exact) mass is 291 g/mol. The lowest BCUT2D eigenvalue weighted by molar-refractivity contribution is 0.0697. The van der Waals surface area contributed by atoms with Gasteiger partial charge in [-0.25, -0.2) is 9.59 Å². The van der Waals surface area contributed by atoms with Gasteiger partial charge < -0.3 is 20.2 Å². The van der Waals surface area contributed by atoms with E-state index in [1.54, 1.807) is 30.0 Å². The molecule has 2 amide bonds. The first-order chi connectivity index (χ1) is 10.0. The summed E-state index contributed by atoms with van der Waals surface area (Å²) in [4.78, 5) is 27.6. The van der Waals surface area contributed by atoms with Gasteiger partial charge in [-0.2, -0.15) is 0 Å². The van der Waals surface area contributed by atoms with E-state index in [-0.39, 0.29) is 11.6 Å². The van der Waals surface area contributed by atoms with Gasteiger partial charge in [0, 0.05) is 26.2 Å². The fourth-order valence-electron chi connectivity index (χ4n) is 2.52. The third kappa shape index (κ3) is 3.52. The number of nitrogens with zero attached hydrogens (tertiary/aromatic N) is 2. The minimum atomic E-state index is -1.03. The number of benzene rings is 1. The number of hydrogen-bond donors (Lipinski definition) is 2. The summed E-state index contributed by atoms with van der Waals surface area (Å²) in [5.41, 5.74) is 1.14. The van der Waals surface area contributed by atoms with Crippen molar-refractivity contribution in [3.63, 3.8) is 0 Å². The summed E-state index contributed by atoms with van der Waals surface area (Å²) < 4.78 is 0. The van der Waals surface area contributed by atoms with Crippen molar-refractivity contribution in [2.75, 3.05) is 38.0 Å². The fraction of sp³-hybridized carbons (Fsp3) is 0.467. The minimum absolute atomic E-state index is 0.151. The summed E-state index contributed by atoms with van der Waals surface area (Å²) in [5, 5.41) is 12.0. The number of urea groups is 1. The number of aromatic carboxylic acids is 1. The third-order valence-electron chi connectivity index (χ3n) is 3.83. The highest BCUT2D eigenvalue weighted by molar-refractivity contribution is 6.01. The molecule has 2 N–H and O–H groups in total. The first-order valence-corrected chi connectivity index (χ1v) is 7.14. The Bertz CT molecular complexity index is 537. The highest BCUT2D eigenvalue weighted by Gasteiger charge is 2.22. The summed E-state index contributed by atoms with van der Waals surface area (Å²) >= 11 is 0. The van der Waals surface area contributed by atoms with E-state index in [0.29, 0.717) is 24.3 Å². The normalized spacial score (nSPS) is 15.8. The summed E-state index contributed by atoms with van der Waals surface area (Å²) in [6, 6.07) is 4.85. The lowest BCUT2D eigenvalue weighted by Gasteiger charge is -2.34. The van der Waals surface area contributed by atoms with E-state index in [1.807, 2.05) is 0 Å². The highest BCUT2D eigenvalue weighted by Crippen LogP contribution is 2.20. The quantitative estimate of drug-likeness (QED) is 0.891. The SMILES string of the molecule is CCN1CCN(C(=O)Nc2cccc(C)c2C(=O)O)CC1. The van der Waals surface area contributed by atoms with Crippen LogP contribution in [-0.2, 0) is 0 Å². The zero-order chi connectivity index (χ0) is 15.4. The Morgan fingerprint density at radius 1 is 1.24 bits per heavy atom. The average molecular weight is 291 g/mol. The summed E-state index contributed by atoms with van der Waals surface area (Å²) in [6.45, 7) is 7.83. The third-order valence-corrected chi connectivity index (χ3v) is 3.83. The van der Waals surface area contributed by atoms with E-state index in [9.17, 15) is 14.7 Å². The van der Waals surface area contributed by atoms with Gasteiger partial charge in [0.1, 0.15) is 0 Å². The molecule has 2 rings (SSSR count). The predicted molar refractivity (Wildman–Crippen MR) is 80.8 cm³/mol. The maximum atomic E-state index is 12.3. The molecule has 6 heteroatoms. The molecule has 0 aromatic heterocycles. The van der Waals surface area contributed by atoms with Crippen LogP contribution in [0.5, 0.6) is 0 Å². The lowest BCUT2D eigenvalue weighted by Crippen LogP contribution is -2.49. The van der Waals surface area contributed by atoms with Gasteiger partial charge in [0.25, 0.3) is 0 Å². The van der Waals surface area contributed by atoms with Crippen molar-refractivity contribution in [3.05, 3.63) is 29.3 Å². The van der Waals surface area contributed by atoms with Gasteiger partial charge in [-0.15, -0.1) is 0 Å². The Labute approximate surface area is 124 Å². The number of carbonyl (C=O) groups excluding carboxylic acids is 1. The molecule has 114 valence electrons. The van der Waals surface area contributed by atoms with E-state index in [0.717, 1.165) is 19.6 Å². The van der Waals surface area contributed by atoms with Crippen molar-refractivity contribution < 1.29 is 14.7 Å². The summed E-state index contributed by atoms with van der Waals surface area (Å²) in [5.74, 6) is -1.03. The Morgan fingerprint density at radius 2 is 1.90 bits per heavy atom. The number of hydrogen-bond acceptors (Lipinski definition) is 3. The van der Waals surface area contributed by atoms with Crippen molar-refractivity contribution in [1.29, 1.82) is 0 Å². The van der Waals surface area contributed by atoms with Crippen LogP contribution < -0.4 is 5.32 Å². The molecule has 6 nitrogen and oxygen atoms in total. The maximum absolute atomic E-state index is 12.3. The molecule has 0 radical (unpaired) electrons. The highest BCUT2D eigenvalue weighted by atomic mass is 16.4. The van der Waals surface area contributed by atoms with E-state index in [2.05, 4.69) is 17.1 Å². The van der Waals surface area contributed by atoms with Crippen LogP contribution in [0.25, 0.3) is 0 Å². The Hall–Kier alpha value is -2.08. The smallest absolute Gasteiger partial charge is 0.338 e. The summed E-state index contributed by atoms with van der Waals surface area (Å²) in [6.07, 6.45) is 0. The minimum Gasteiger partial charge on any atom is -0.478 e. The average Bonchev–Trinajstić information content (AvgIpc) is 2.47. The largest absolute Gasteiger partial charge is 0.478 e. The fourth-order valence-corrected chi connectivity index (χ4v) is 2.52. The molecule has 0 aliphatic carbocycles. The Kier molecular flexibility index (Phi) is 4.80. The molecule has 0 unspecified atom stereocenters. The number of amides is 2. The van der Waals surface area contributed by atoms with Gasteiger partial charge in [-0.05, 0) is 25.1 Å². The number of carboxylic acids is 1. The van der Waals surface area contributed by atoms with Gasteiger partial charge in [0.05, 0.1) is 11.3 Å². The van der Waals surface area contributed by atoms with Crippen LogP contribution in [0, 0.1) is 6.92 Å². The second kappa shape index (κ2) is 6.58. The molecule has 0 atom stereocenters. The van der Waals surface area contributed by atoms with Crippen molar-refractivity contribution >= 4 is 17.7 Å². The van der Waals surface area contributed by atoms with Crippen molar-refractivity contribution in [3.8, 4) is 0 Å². The maximum Gasteiger partial charge on any atom is 0.338 e. The van der Waals surface area contributed by atoms with Crippen LogP contribution >= 0.6 is 0 Å². The molecule has 21 heavy (non-hydrogen) atoms. The first-order valence-electron chi connectivity index (χ1n) is 7.14. The number of carbonyl (C=O) groups is 2. The molecule has 1 aliphatic rings. The second-order valence-corrected chi connectivity index (χ2v) is 5.15. The van der Waals surface area contributed by atoms with E-state index in [4.69, 9.17) is 0 Å². The molecule has 1 aromatic carbocycles. The van der Waals surface area contributed by atoms with Crippen LogP contribution in [0.3, 0.4) is 0 Å². The molecule has 0 spiro atoms. The lowest BCUT2D eigenvalue weighted by atomic mass is 10.1. The zero-order valence-corrected chi connectivity index (χ0v) is 12.4. The number of rotatable bonds is 3. The molecular formula is C15H21N3O3. The number of anilines is 1. The van der Waals surface area contributed by atoms with Gasteiger partial charge in [-0.3, -0.25) is 0 Å². The zero-order valence-electron chi connectivity index (χ0n) is 12.4. The molecule has 1 fully saturated rings. The van der Waals surface area contributed by atoms with Gasteiger partial charge in [0.2, 0.25) is 0 Å². The Balaban J connectivity index is 2.07. The molecular weight excluding hydrogens is 270 g/mol. The van der Waals surface area contributed by atoms with Gasteiger partial charge in [0.15, 0.2) is 0 Å². The molecule has 1 saturated heterocycles. The molecule has 1 aliphatic heterocycles. The van der Waals surface area contributed by atoms with E-state index < -0.39 is 5.97 Å². The Morgan fingerprint density at radius 3 is 2.48 bits per heavy atom. The number of nitrogens with one attached hydrogen (secondary N) is 1. The molecule has 0 bridgehead atoms. The van der Waals surface area contributed by atoms with Gasteiger partial charge in [-0.1, -0.05) is 19.1 Å². The van der Waals surface area contributed by atoms with Crippen LogP contribution in [-0.4, -0.2) is 59.6 Å². The van der Waals surface area contributed by atoms with E-state index >= 15 is 0 Å². The van der Waals surface area contributed by atoms with Crippen molar-refractivity contribution in [2.24, 2.45) is 0 Å². The van der Waals surface area contributed by atoms with Crippen molar-refractivity contribution in [1.82, 2.24) is 9.80 Å². The standard InChI is InChI=1S/C15H21N3O3/c1-3-17-7-9-18(10-8-17)15(21)16-12-6-4-5-11(2)13(12)14(19)20/h4-6H,3,7-10H2,1-2H3,(H,16,21)(H,19,20). The van der Waals surface area contributed by atoms with Crippen LogP contribution in [0.15, 0.2) is 18.2 Å². The van der Waals surface area contributed by atoms with Crippen molar-refractivity contribution in [2.45, 2.75) is 13.8 Å². The molecule has 1 heterocycles. The topological polar surface area (TPSA) is 72.9 Å². The van der Waals surface area contributed by atoms with Crippen LogP contribution in [0.1, 0.15) is 22.8 Å². The first kappa shape index (κ1) is 15.3. The molecule has 1 aromatic rings.